The van der Waals surface area contributed by atoms with Gasteiger partial charge >= 0.3 is 0 Å². The predicted octanol–water partition coefficient (Wildman–Crippen LogP) is 3.54. The summed E-state index contributed by atoms with van der Waals surface area (Å²) in [6.45, 7) is 13.7. The molecule has 18 heavy (non-hydrogen) atoms. The Bertz CT molecular complexity index is 229. The van der Waals surface area contributed by atoms with Gasteiger partial charge in [0.05, 0.1) is 6.10 Å². The van der Waals surface area contributed by atoms with Crippen molar-refractivity contribution in [1.82, 2.24) is 4.90 Å². The molecular weight excluding hydrogens is 222 g/mol. The van der Waals surface area contributed by atoms with Crippen LogP contribution in [0.1, 0.15) is 60.3 Å². The van der Waals surface area contributed by atoms with Crippen molar-refractivity contribution >= 4 is 0 Å². The average molecular weight is 255 g/mol. The molecule has 1 fully saturated rings. The van der Waals surface area contributed by atoms with Gasteiger partial charge in [-0.3, -0.25) is 4.90 Å². The SMILES string of the molecule is CCC(C)CN(CC)C1CC(C(C)C)CCC1O. The summed E-state index contributed by atoms with van der Waals surface area (Å²) in [6.07, 6.45) is 4.50. The molecule has 1 N–H and O–H groups in total. The molecule has 0 aromatic rings. The van der Waals surface area contributed by atoms with Crippen molar-refractivity contribution in [1.29, 1.82) is 0 Å². The van der Waals surface area contributed by atoms with E-state index in [0.717, 1.165) is 37.3 Å². The fourth-order valence-corrected chi connectivity index (χ4v) is 3.19. The van der Waals surface area contributed by atoms with E-state index >= 15 is 0 Å². The first-order valence-corrected chi connectivity index (χ1v) is 7.91. The fourth-order valence-electron chi connectivity index (χ4n) is 3.19. The second kappa shape index (κ2) is 7.49. The second-order valence-electron chi connectivity index (χ2n) is 6.55. The summed E-state index contributed by atoms with van der Waals surface area (Å²) in [5, 5.41) is 10.3. The van der Waals surface area contributed by atoms with E-state index < -0.39 is 0 Å². The fraction of sp³-hybridized carbons (Fsp3) is 1.00. The molecule has 2 heteroatoms. The molecule has 4 unspecified atom stereocenters. The Balaban J connectivity index is 2.63. The highest BCUT2D eigenvalue weighted by atomic mass is 16.3. The van der Waals surface area contributed by atoms with Crippen LogP contribution < -0.4 is 0 Å². The molecule has 1 aliphatic carbocycles. The zero-order chi connectivity index (χ0) is 13.7. The maximum Gasteiger partial charge on any atom is 0.0695 e. The van der Waals surface area contributed by atoms with Gasteiger partial charge in [0.25, 0.3) is 0 Å². The van der Waals surface area contributed by atoms with Gasteiger partial charge in [-0.05, 0) is 43.6 Å². The summed E-state index contributed by atoms with van der Waals surface area (Å²) >= 11 is 0. The molecule has 108 valence electrons. The Labute approximate surface area is 114 Å². The first kappa shape index (κ1) is 16.0. The van der Waals surface area contributed by atoms with Crippen molar-refractivity contribution in [2.75, 3.05) is 13.1 Å². The van der Waals surface area contributed by atoms with Gasteiger partial charge in [0.15, 0.2) is 0 Å². The van der Waals surface area contributed by atoms with Gasteiger partial charge < -0.3 is 5.11 Å². The van der Waals surface area contributed by atoms with Crippen LogP contribution in [-0.2, 0) is 0 Å². The van der Waals surface area contributed by atoms with Crippen molar-refractivity contribution in [3.63, 3.8) is 0 Å². The highest BCUT2D eigenvalue weighted by molar-refractivity contribution is 4.88. The third-order valence-corrected chi connectivity index (χ3v) is 4.88. The van der Waals surface area contributed by atoms with Gasteiger partial charge in [-0.1, -0.05) is 41.0 Å². The summed E-state index contributed by atoms with van der Waals surface area (Å²) in [4.78, 5) is 2.52. The van der Waals surface area contributed by atoms with Gasteiger partial charge in [0.2, 0.25) is 0 Å². The molecule has 0 radical (unpaired) electrons. The van der Waals surface area contributed by atoms with E-state index in [4.69, 9.17) is 0 Å². The van der Waals surface area contributed by atoms with E-state index in [1.807, 2.05) is 0 Å². The zero-order valence-corrected chi connectivity index (χ0v) is 13.0. The van der Waals surface area contributed by atoms with Crippen LogP contribution in [0.5, 0.6) is 0 Å². The third-order valence-electron chi connectivity index (χ3n) is 4.88. The molecular formula is C16H33NO. The molecule has 0 amide bonds. The first-order valence-electron chi connectivity index (χ1n) is 7.91. The second-order valence-corrected chi connectivity index (χ2v) is 6.55. The lowest BCUT2D eigenvalue weighted by molar-refractivity contribution is -0.00763. The largest absolute Gasteiger partial charge is 0.391 e. The summed E-state index contributed by atoms with van der Waals surface area (Å²) in [6, 6.07) is 0.394. The number of aliphatic hydroxyl groups is 1. The Kier molecular flexibility index (Phi) is 6.65. The van der Waals surface area contributed by atoms with Gasteiger partial charge in [0.1, 0.15) is 0 Å². The highest BCUT2D eigenvalue weighted by Gasteiger charge is 2.34. The maximum atomic E-state index is 10.3. The molecule has 1 saturated carbocycles. The lowest BCUT2D eigenvalue weighted by Crippen LogP contribution is -2.49. The molecule has 0 bridgehead atoms. The number of nitrogens with zero attached hydrogens (tertiary/aromatic N) is 1. The predicted molar refractivity (Wildman–Crippen MR) is 78.7 cm³/mol. The smallest absolute Gasteiger partial charge is 0.0695 e. The van der Waals surface area contributed by atoms with Gasteiger partial charge in [-0.2, -0.15) is 0 Å². The summed E-state index contributed by atoms with van der Waals surface area (Å²) in [5.74, 6) is 2.28. The van der Waals surface area contributed by atoms with E-state index in [9.17, 15) is 5.11 Å². The molecule has 0 saturated heterocycles. The molecule has 4 atom stereocenters. The van der Waals surface area contributed by atoms with Crippen LogP contribution in [0.3, 0.4) is 0 Å². The highest BCUT2D eigenvalue weighted by Crippen LogP contribution is 2.33. The van der Waals surface area contributed by atoms with E-state index in [1.165, 1.54) is 19.3 Å². The van der Waals surface area contributed by atoms with Crippen molar-refractivity contribution in [2.45, 2.75) is 72.4 Å². The van der Waals surface area contributed by atoms with Crippen molar-refractivity contribution in [3.8, 4) is 0 Å². The monoisotopic (exact) mass is 255 g/mol. The molecule has 0 spiro atoms. The van der Waals surface area contributed by atoms with Crippen LogP contribution in [0.4, 0.5) is 0 Å². The van der Waals surface area contributed by atoms with Crippen LogP contribution in [0.2, 0.25) is 0 Å². The number of likely N-dealkylation sites (N-methyl/N-ethyl adjacent to an activating group) is 1. The zero-order valence-electron chi connectivity index (χ0n) is 13.0. The molecule has 1 rings (SSSR count). The Morgan fingerprint density at radius 2 is 1.83 bits per heavy atom. The lowest BCUT2D eigenvalue weighted by atomic mass is 9.77. The van der Waals surface area contributed by atoms with Crippen LogP contribution in [0, 0.1) is 17.8 Å². The van der Waals surface area contributed by atoms with E-state index in [-0.39, 0.29) is 6.10 Å². The Morgan fingerprint density at radius 3 is 2.33 bits per heavy atom. The minimum atomic E-state index is -0.107. The van der Waals surface area contributed by atoms with Crippen molar-refractivity contribution in [3.05, 3.63) is 0 Å². The number of hydrogen-bond donors (Lipinski definition) is 1. The lowest BCUT2D eigenvalue weighted by Gasteiger charge is -2.42. The van der Waals surface area contributed by atoms with Crippen molar-refractivity contribution in [2.24, 2.45) is 17.8 Å². The summed E-state index contributed by atoms with van der Waals surface area (Å²) < 4.78 is 0. The number of hydrogen-bond acceptors (Lipinski definition) is 2. The molecule has 2 nitrogen and oxygen atoms in total. The van der Waals surface area contributed by atoms with Gasteiger partial charge in [-0.15, -0.1) is 0 Å². The standard InChI is InChI=1S/C16H33NO/c1-6-13(5)11-17(7-2)15-10-14(12(3)4)8-9-16(15)18/h12-16,18H,6-11H2,1-5H3. The molecule has 1 aliphatic rings. The third kappa shape index (κ3) is 4.24. The topological polar surface area (TPSA) is 23.5 Å². The van der Waals surface area contributed by atoms with Gasteiger partial charge in [0, 0.05) is 12.6 Å². The van der Waals surface area contributed by atoms with Gasteiger partial charge in [-0.25, -0.2) is 0 Å². The van der Waals surface area contributed by atoms with Crippen molar-refractivity contribution < 1.29 is 5.11 Å². The van der Waals surface area contributed by atoms with E-state index in [1.54, 1.807) is 0 Å². The van der Waals surface area contributed by atoms with Crippen LogP contribution in [-0.4, -0.2) is 35.2 Å². The molecule has 0 heterocycles. The molecule has 0 aliphatic heterocycles. The minimum Gasteiger partial charge on any atom is -0.391 e. The average Bonchev–Trinajstić information content (AvgIpc) is 2.36. The summed E-state index contributed by atoms with van der Waals surface area (Å²) in [7, 11) is 0. The Hall–Kier alpha value is -0.0800. The van der Waals surface area contributed by atoms with E-state index in [0.29, 0.717) is 6.04 Å². The number of rotatable bonds is 6. The quantitative estimate of drug-likeness (QED) is 0.784. The van der Waals surface area contributed by atoms with Crippen LogP contribution >= 0.6 is 0 Å². The van der Waals surface area contributed by atoms with Crippen LogP contribution in [0.25, 0.3) is 0 Å². The molecule has 0 aromatic heterocycles. The molecule has 0 aromatic carbocycles. The first-order chi connectivity index (χ1) is 8.49. The van der Waals surface area contributed by atoms with E-state index in [2.05, 4.69) is 39.5 Å². The number of aliphatic hydroxyl groups excluding tert-OH is 1. The van der Waals surface area contributed by atoms with Crippen LogP contribution in [0.15, 0.2) is 0 Å². The Morgan fingerprint density at radius 1 is 1.17 bits per heavy atom. The normalized spacial score (nSPS) is 31.0. The summed E-state index contributed by atoms with van der Waals surface area (Å²) in [5.41, 5.74) is 0. The minimum absolute atomic E-state index is 0.107. The maximum absolute atomic E-state index is 10.3.